The molecule has 3 rings (SSSR count). The van der Waals surface area contributed by atoms with E-state index < -0.39 is 6.04 Å². The lowest BCUT2D eigenvalue weighted by Gasteiger charge is -2.21. The van der Waals surface area contributed by atoms with Crippen LogP contribution in [0.3, 0.4) is 0 Å². The average molecular weight is 371 g/mol. The monoisotopic (exact) mass is 370 g/mol. The highest BCUT2D eigenvalue weighted by Gasteiger charge is 2.24. The molecule has 0 spiro atoms. The molecule has 6 nitrogen and oxygen atoms in total. The number of halogens is 1. The molecule has 2 N–H and O–H groups in total. The van der Waals surface area contributed by atoms with Crippen LogP contribution in [-0.4, -0.2) is 46.8 Å². The SMILES string of the molecule is CN(C)C(=O)[C@H](Cc1ccccc1)NC(=O)c1cc2cc(Cl)cnc2[nH]1. The summed E-state index contributed by atoms with van der Waals surface area (Å²) in [5.41, 5.74) is 1.87. The van der Waals surface area contributed by atoms with Gasteiger partial charge in [-0.25, -0.2) is 4.98 Å². The smallest absolute Gasteiger partial charge is 0.268 e. The predicted octanol–water partition coefficient (Wildman–Crippen LogP) is 2.65. The zero-order valence-electron chi connectivity index (χ0n) is 14.5. The van der Waals surface area contributed by atoms with E-state index in [1.807, 2.05) is 30.3 Å². The van der Waals surface area contributed by atoms with Crippen molar-refractivity contribution in [1.29, 1.82) is 0 Å². The van der Waals surface area contributed by atoms with Crippen molar-refractivity contribution in [3.8, 4) is 0 Å². The van der Waals surface area contributed by atoms with Crippen molar-refractivity contribution in [2.45, 2.75) is 12.5 Å². The van der Waals surface area contributed by atoms with Crippen LogP contribution in [0.15, 0.2) is 48.7 Å². The molecule has 0 bridgehead atoms. The van der Waals surface area contributed by atoms with Gasteiger partial charge in [0, 0.05) is 32.1 Å². The molecular weight excluding hydrogens is 352 g/mol. The van der Waals surface area contributed by atoms with Gasteiger partial charge in [0.2, 0.25) is 5.91 Å². The van der Waals surface area contributed by atoms with Gasteiger partial charge in [-0.15, -0.1) is 0 Å². The summed E-state index contributed by atoms with van der Waals surface area (Å²) in [6, 6.07) is 12.3. The third-order valence-corrected chi connectivity index (χ3v) is 4.21. The summed E-state index contributed by atoms with van der Waals surface area (Å²) in [5, 5.41) is 4.05. The fourth-order valence-electron chi connectivity index (χ4n) is 2.71. The summed E-state index contributed by atoms with van der Waals surface area (Å²) in [6.07, 6.45) is 1.92. The Morgan fingerprint density at radius 3 is 2.65 bits per heavy atom. The number of benzene rings is 1. The van der Waals surface area contributed by atoms with Crippen LogP contribution in [0.2, 0.25) is 5.02 Å². The first kappa shape index (κ1) is 17.9. The van der Waals surface area contributed by atoms with E-state index >= 15 is 0 Å². The van der Waals surface area contributed by atoms with Crippen LogP contribution in [0.5, 0.6) is 0 Å². The lowest BCUT2D eigenvalue weighted by atomic mass is 10.0. The summed E-state index contributed by atoms with van der Waals surface area (Å²) < 4.78 is 0. The fourth-order valence-corrected chi connectivity index (χ4v) is 2.87. The Morgan fingerprint density at radius 1 is 1.23 bits per heavy atom. The molecule has 2 heterocycles. The number of carbonyl (C=O) groups excluding carboxylic acids is 2. The van der Waals surface area contributed by atoms with E-state index in [0.717, 1.165) is 10.9 Å². The molecule has 3 aromatic rings. The van der Waals surface area contributed by atoms with Gasteiger partial charge in [0.25, 0.3) is 5.91 Å². The van der Waals surface area contributed by atoms with Gasteiger partial charge < -0.3 is 15.2 Å². The van der Waals surface area contributed by atoms with E-state index in [4.69, 9.17) is 11.6 Å². The molecule has 26 heavy (non-hydrogen) atoms. The van der Waals surface area contributed by atoms with Crippen molar-refractivity contribution >= 4 is 34.4 Å². The number of pyridine rings is 1. The number of carbonyl (C=O) groups is 2. The van der Waals surface area contributed by atoms with Crippen molar-refractivity contribution < 1.29 is 9.59 Å². The average Bonchev–Trinajstić information content (AvgIpc) is 3.04. The van der Waals surface area contributed by atoms with Crippen molar-refractivity contribution in [1.82, 2.24) is 20.2 Å². The van der Waals surface area contributed by atoms with E-state index in [1.165, 1.54) is 11.1 Å². The first-order valence-corrected chi connectivity index (χ1v) is 8.52. The molecule has 2 aromatic heterocycles. The zero-order valence-corrected chi connectivity index (χ0v) is 15.2. The fraction of sp³-hybridized carbons (Fsp3) is 0.211. The lowest BCUT2D eigenvalue weighted by molar-refractivity contribution is -0.130. The molecule has 134 valence electrons. The third kappa shape index (κ3) is 4.03. The number of aromatic amines is 1. The van der Waals surface area contributed by atoms with Crippen LogP contribution in [-0.2, 0) is 11.2 Å². The van der Waals surface area contributed by atoms with Gasteiger partial charge in [0.15, 0.2) is 0 Å². The van der Waals surface area contributed by atoms with Crippen LogP contribution in [0.1, 0.15) is 16.1 Å². The maximum Gasteiger partial charge on any atom is 0.268 e. The lowest BCUT2D eigenvalue weighted by Crippen LogP contribution is -2.47. The molecule has 2 amide bonds. The minimum atomic E-state index is -0.664. The summed E-state index contributed by atoms with van der Waals surface area (Å²) in [4.78, 5) is 33.7. The number of amides is 2. The molecule has 0 saturated carbocycles. The molecule has 0 aliphatic rings. The van der Waals surface area contributed by atoms with E-state index in [2.05, 4.69) is 15.3 Å². The number of nitrogens with one attached hydrogen (secondary N) is 2. The van der Waals surface area contributed by atoms with Gasteiger partial charge in [-0.2, -0.15) is 0 Å². The van der Waals surface area contributed by atoms with Crippen LogP contribution in [0.4, 0.5) is 0 Å². The zero-order chi connectivity index (χ0) is 18.7. The summed E-state index contributed by atoms with van der Waals surface area (Å²) in [5.74, 6) is -0.533. The standard InChI is InChI=1S/C19H19ClN4O2/c1-24(2)19(26)16(8-12-6-4-3-5-7-12)23-18(25)15-10-13-9-14(20)11-21-17(13)22-15/h3-7,9-11,16H,8H2,1-2H3,(H,21,22)(H,23,25)/t16-/m0/s1. The maximum absolute atomic E-state index is 12.7. The van der Waals surface area contributed by atoms with Crippen molar-refractivity contribution in [2.75, 3.05) is 14.1 Å². The van der Waals surface area contributed by atoms with Crippen molar-refractivity contribution in [3.63, 3.8) is 0 Å². The highest BCUT2D eigenvalue weighted by atomic mass is 35.5. The van der Waals surface area contributed by atoms with Crippen molar-refractivity contribution in [2.24, 2.45) is 0 Å². The second-order valence-corrected chi connectivity index (χ2v) is 6.66. The molecule has 0 aliphatic heterocycles. The maximum atomic E-state index is 12.7. The topological polar surface area (TPSA) is 78.1 Å². The molecule has 7 heteroatoms. The van der Waals surface area contributed by atoms with Gasteiger partial charge >= 0.3 is 0 Å². The Balaban J connectivity index is 1.82. The second-order valence-electron chi connectivity index (χ2n) is 6.22. The molecular formula is C19H19ClN4O2. The number of fused-ring (bicyclic) bond motifs is 1. The molecule has 1 aromatic carbocycles. The van der Waals surface area contributed by atoms with Crippen LogP contribution < -0.4 is 5.32 Å². The summed E-state index contributed by atoms with van der Waals surface area (Å²) >= 11 is 5.93. The number of hydrogen-bond acceptors (Lipinski definition) is 3. The Bertz CT molecular complexity index is 937. The Kier molecular flexibility index (Phi) is 5.23. The van der Waals surface area contributed by atoms with Gasteiger partial charge in [-0.1, -0.05) is 41.9 Å². The summed E-state index contributed by atoms with van der Waals surface area (Å²) in [7, 11) is 3.34. The van der Waals surface area contributed by atoms with Gasteiger partial charge in [-0.05, 0) is 17.7 Å². The molecule has 0 saturated heterocycles. The molecule has 1 atom stereocenters. The normalized spacial score (nSPS) is 12.0. The van der Waals surface area contributed by atoms with Gasteiger partial charge in [0.05, 0.1) is 5.02 Å². The van der Waals surface area contributed by atoms with Gasteiger partial charge in [0.1, 0.15) is 17.4 Å². The number of rotatable bonds is 5. The number of H-pyrrole nitrogens is 1. The van der Waals surface area contributed by atoms with Crippen LogP contribution >= 0.6 is 11.6 Å². The minimum Gasteiger partial charge on any atom is -0.347 e. The Morgan fingerprint density at radius 2 is 1.96 bits per heavy atom. The Labute approximate surface area is 156 Å². The molecule has 0 unspecified atom stereocenters. The number of aromatic nitrogens is 2. The van der Waals surface area contributed by atoms with Crippen LogP contribution in [0.25, 0.3) is 11.0 Å². The van der Waals surface area contributed by atoms with E-state index in [9.17, 15) is 9.59 Å². The quantitative estimate of drug-likeness (QED) is 0.724. The predicted molar refractivity (Wildman–Crippen MR) is 101 cm³/mol. The number of nitrogens with zero attached hydrogens (tertiary/aromatic N) is 2. The van der Waals surface area contributed by atoms with E-state index in [-0.39, 0.29) is 11.8 Å². The highest BCUT2D eigenvalue weighted by molar-refractivity contribution is 6.31. The van der Waals surface area contributed by atoms with Crippen molar-refractivity contribution in [3.05, 3.63) is 64.9 Å². The second kappa shape index (κ2) is 7.58. The highest BCUT2D eigenvalue weighted by Crippen LogP contribution is 2.18. The number of hydrogen-bond donors (Lipinski definition) is 2. The first-order chi connectivity index (χ1) is 12.4. The van der Waals surface area contributed by atoms with E-state index in [1.54, 1.807) is 26.2 Å². The minimum absolute atomic E-state index is 0.167. The number of likely N-dealkylation sites (N-methyl/N-ethyl adjacent to an activating group) is 1. The third-order valence-electron chi connectivity index (χ3n) is 4.01. The first-order valence-electron chi connectivity index (χ1n) is 8.14. The molecule has 0 fully saturated rings. The largest absolute Gasteiger partial charge is 0.347 e. The van der Waals surface area contributed by atoms with Gasteiger partial charge in [-0.3, -0.25) is 9.59 Å². The van der Waals surface area contributed by atoms with E-state index in [0.29, 0.717) is 22.8 Å². The Hall–Kier alpha value is -2.86. The summed E-state index contributed by atoms with van der Waals surface area (Å²) in [6.45, 7) is 0. The molecule has 0 aliphatic carbocycles. The van der Waals surface area contributed by atoms with Crippen LogP contribution in [0, 0.1) is 0 Å². The molecule has 0 radical (unpaired) electrons.